The van der Waals surface area contributed by atoms with Gasteiger partial charge in [0, 0.05) is 40.7 Å². The van der Waals surface area contributed by atoms with E-state index in [-0.39, 0.29) is 0 Å². The second kappa shape index (κ2) is 5.69. The molecule has 2 heterocycles. The SMILES string of the molecule is CCCC(CC)c1sc2cccc3c4c(C)sc5cccc(c1c23)c54. The molecule has 0 saturated carbocycles. The Hall–Kier alpha value is -1.64. The van der Waals surface area contributed by atoms with Crippen molar-refractivity contribution in [1.82, 2.24) is 0 Å². The van der Waals surface area contributed by atoms with Crippen LogP contribution >= 0.6 is 22.7 Å². The van der Waals surface area contributed by atoms with Gasteiger partial charge in [-0.1, -0.05) is 44.5 Å². The highest BCUT2D eigenvalue weighted by molar-refractivity contribution is 7.21. The smallest absolute Gasteiger partial charge is 0.0358 e. The van der Waals surface area contributed by atoms with Gasteiger partial charge in [0.2, 0.25) is 0 Å². The molecule has 3 aromatic carbocycles. The number of hydrogen-bond donors (Lipinski definition) is 0. The van der Waals surface area contributed by atoms with Crippen LogP contribution < -0.4 is 0 Å². The fourth-order valence-corrected chi connectivity index (χ4v) is 7.17. The first-order valence-electron chi connectivity index (χ1n) is 9.32. The van der Waals surface area contributed by atoms with Crippen molar-refractivity contribution in [2.45, 2.75) is 46.0 Å². The van der Waals surface area contributed by atoms with Gasteiger partial charge in [0.1, 0.15) is 0 Å². The molecule has 1 unspecified atom stereocenters. The van der Waals surface area contributed by atoms with Crippen LogP contribution in [0.4, 0.5) is 0 Å². The number of aryl methyl sites for hydroxylation is 1. The van der Waals surface area contributed by atoms with Crippen LogP contribution in [0.15, 0.2) is 36.4 Å². The van der Waals surface area contributed by atoms with Crippen molar-refractivity contribution >= 4 is 64.4 Å². The Morgan fingerprint density at radius 2 is 1.44 bits per heavy atom. The van der Waals surface area contributed by atoms with Crippen molar-refractivity contribution in [1.29, 1.82) is 0 Å². The molecule has 0 N–H and O–H groups in total. The van der Waals surface area contributed by atoms with Gasteiger partial charge < -0.3 is 0 Å². The van der Waals surface area contributed by atoms with E-state index in [2.05, 4.69) is 57.2 Å². The molecular weight excluding hydrogens is 340 g/mol. The molecule has 0 aliphatic carbocycles. The molecule has 0 fully saturated rings. The van der Waals surface area contributed by atoms with Crippen molar-refractivity contribution in [2.75, 3.05) is 0 Å². The van der Waals surface area contributed by atoms with E-state index in [0.29, 0.717) is 5.92 Å². The van der Waals surface area contributed by atoms with Crippen LogP contribution in [-0.4, -0.2) is 0 Å². The van der Waals surface area contributed by atoms with E-state index in [4.69, 9.17) is 0 Å². The fraction of sp³-hybridized carbons (Fsp3) is 0.304. The Balaban J connectivity index is 2.06. The monoisotopic (exact) mass is 362 g/mol. The molecule has 0 radical (unpaired) electrons. The Morgan fingerprint density at radius 1 is 0.800 bits per heavy atom. The zero-order valence-electron chi connectivity index (χ0n) is 15.0. The Labute approximate surface area is 156 Å². The molecule has 25 heavy (non-hydrogen) atoms. The van der Waals surface area contributed by atoms with Crippen LogP contribution in [0.25, 0.3) is 41.7 Å². The molecule has 1 atom stereocenters. The molecular formula is C23H22S2. The summed E-state index contributed by atoms with van der Waals surface area (Å²) in [5.41, 5.74) is 0. The maximum absolute atomic E-state index is 2.36. The first kappa shape index (κ1) is 15.6. The summed E-state index contributed by atoms with van der Waals surface area (Å²) in [7, 11) is 0. The Bertz CT molecular complexity index is 1210. The lowest BCUT2D eigenvalue weighted by Crippen LogP contribution is -1.94. The summed E-state index contributed by atoms with van der Waals surface area (Å²) in [6.45, 7) is 6.95. The Kier molecular flexibility index (Phi) is 3.55. The second-order valence-electron chi connectivity index (χ2n) is 7.13. The van der Waals surface area contributed by atoms with Crippen molar-refractivity contribution in [2.24, 2.45) is 0 Å². The number of benzene rings is 3. The summed E-state index contributed by atoms with van der Waals surface area (Å²) >= 11 is 3.99. The third-order valence-corrected chi connectivity index (χ3v) is 8.06. The molecule has 2 heteroatoms. The van der Waals surface area contributed by atoms with Gasteiger partial charge in [0.25, 0.3) is 0 Å². The van der Waals surface area contributed by atoms with Crippen LogP contribution in [0, 0.1) is 6.92 Å². The van der Waals surface area contributed by atoms with Gasteiger partial charge >= 0.3 is 0 Å². The summed E-state index contributed by atoms with van der Waals surface area (Å²) < 4.78 is 2.90. The van der Waals surface area contributed by atoms with Gasteiger partial charge in [-0.25, -0.2) is 0 Å². The highest BCUT2D eigenvalue weighted by atomic mass is 32.1. The number of thiophene rings is 2. The molecule has 0 bridgehead atoms. The van der Waals surface area contributed by atoms with Crippen molar-refractivity contribution < 1.29 is 0 Å². The normalized spacial score (nSPS) is 13.7. The number of hydrogen-bond acceptors (Lipinski definition) is 2. The van der Waals surface area contributed by atoms with Crippen molar-refractivity contribution in [3.63, 3.8) is 0 Å². The highest BCUT2D eigenvalue weighted by Crippen LogP contribution is 2.50. The van der Waals surface area contributed by atoms with Crippen molar-refractivity contribution in [3.8, 4) is 0 Å². The summed E-state index contributed by atoms with van der Waals surface area (Å²) in [4.78, 5) is 3.07. The molecule has 0 amide bonds. The molecule has 2 aromatic heterocycles. The summed E-state index contributed by atoms with van der Waals surface area (Å²) in [6, 6.07) is 13.8. The maximum atomic E-state index is 2.36. The minimum absolute atomic E-state index is 0.682. The molecule has 126 valence electrons. The zero-order chi connectivity index (χ0) is 17.1. The largest absolute Gasteiger partial charge is 0.140 e. The van der Waals surface area contributed by atoms with E-state index in [1.54, 1.807) is 10.3 Å². The number of fused-ring (bicyclic) bond motifs is 2. The third kappa shape index (κ3) is 2.04. The lowest BCUT2D eigenvalue weighted by Gasteiger charge is -2.14. The summed E-state index contributed by atoms with van der Waals surface area (Å²) in [5.74, 6) is 0.682. The first-order chi connectivity index (χ1) is 12.2. The van der Waals surface area contributed by atoms with E-state index < -0.39 is 0 Å². The van der Waals surface area contributed by atoms with Gasteiger partial charge in [-0.05, 0) is 48.6 Å². The summed E-state index contributed by atoms with van der Waals surface area (Å²) in [6.07, 6.45) is 3.78. The zero-order valence-corrected chi connectivity index (χ0v) is 16.6. The molecule has 0 aliphatic rings. The predicted molar refractivity (Wildman–Crippen MR) is 116 cm³/mol. The van der Waals surface area contributed by atoms with Gasteiger partial charge in [-0.15, -0.1) is 22.7 Å². The van der Waals surface area contributed by atoms with E-state index in [0.717, 1.165) is 0 Å². The Morgan fingerprint density at radius 3 is 2.12 bits per heavy atom. The van der Waals surface area contributed by atoms with Crippen LogP contribution in [0.5, 0.6) is 0 Å². The third-order valence-electron chi connectivity index (χ3n) is 5.67. The minimum atomic E-state index is 0.682. The van der Waals surface area contributed by atoms with Crippen LogP contribution in [0.3, 0.4) is 0 Å². The van der Waals surface area contributed by atoms with Crippen molar-refractivity contribution in [3.05, 3.63) is 46.2 Å². The van der Waals surface area contributed by atoms with Gasteiger partial charge in [0.05, 0.1) is 0 Å². The van der Waals surface area contributed by atoms with Gasteiger partial charge in [-0.3, -0.25) is 0 Å². The fourth-order valence-electron chi connectivity index (χ4n) is 4.60. The van der Waals surface area contributed by atoms with Gasteiger partial charge in [-0.2, -0.15) is 0 Å². The van der Waals surface area contributed by atoms with Crippen LogP contribution in [0.1, 0.15) is 48.8 Å². The molecule has 0 nitrogen and oxygen atoms in total. The molecule has 0 saturated heterocycles. The molecule has 5 rings (SSSR count). The average Bonchev–Trinajstić information content (AvgIpc) is 3.17. The van der Waals surface area contributed by atoms with E-state index in [9.17, 15) is 0 Å². The second-order valence-corrected chi connectivity index (χ2v) is 9.47. The highest BCUT2D eigenvalue weighted by Gasteiger charge is 2.23. The van der Waals surface area contributed by atoms with E-state index >= 15 is 0 Å². The lowest BCUT2D eigenvalue weighted by molar-refractivity contribution is 0.608. The van der Waals surface area contributed by atoms with Crippen LogP contribution in [0.2, 0.25) is 0 Å². The van der Waals surface area contributed by atoms with E-state index in [1.165, 1.54) is 60.5 Å². The van der Waals surface area contributed by atoms with Gasteiger partial charge in [0.15, 0.2) is 0 Å². The first-order valence-corrected chi connectivity index (χ1v) is 11.0. The minimum Gasteiger partial charge on any atom is -0.140 e. The molecule has 0 spiro atoms. The standard InChI is InChI=1S/C23H22S2/c1-4-8-14(5-2)23-22-16-10-7-11-17-20(16)19(13(3)24-17)15-9-6-12-18(25-23)21(15)22/h6-7,9-12,14H,4-5,8H2,1-3H3. The topological polar surface area (TPSA) is 0 Å². The summed E-state index contributed by atoms with van der Waals surface area (Å²) in [5, 5.41) is 8.98. The molecule has 0 aliphatic heterocycles. The quantitative estimate of drug-likeness (QED) is 0.281. The predicted octanol–water partition coefficient (Wildman–Crippen LogP) is 8.46. The maximum Gasteiger partial charge on any atom is 0.0358 e. The van der Waals surface area contributed by atoms with E-state index in [1.807, 2.05) is 22.7 Å². The van der Waals surface area contributed by atoms with Crippen LogP contribution in [-0.2, 0) is 0 Å². The lowest BCUT2D eigenvalue weighted by atomic mass is 9.90. The number of rotatable bonds is 4. The average molecular weight is 363 g/mol. The molecule has 5 aromatic rings.